The second kappa shape index (κ2) is 7.89. The number of unbranched alkanes of at least 4 members (excludes halogenated alkanes) is 1. The first-order chi connectivity index (χ1) is 14.1. The number of rotatable bonds is 6. The molecular weight excluding hydrogens is 364 g/mol. The third kappa shape index (κ3) is 3.52. The molecule has 7 heteroatoms. The lowest BCUT2D eigenvalue weighted by Gasteiger charge is -2.11. The van der Waals surface area contributed by atoms with E-state index in [2.05, 4.69) is 28.0 Å². The molecule has 0 aliphatic heterocycles. The Balaban J connectivity index is 1.85. The van der Waals surface area contributed by atoms with Crippen molar-refractivity contribution in [2.24, 2.45) is 5.84 Å². The summed E-state index contributed by atoms with van der Waals surface area (Å²) in [6.07, 6.45) is 3.00. The van der Waals surface area contributed by atoms with Gasteiger partial charge in [0, 0.05) is 23.9 Å². The van der Waals surface area contributed by atoms with E-state index in [9.17, 15) is 4.79 Å². The van der Waals surface area contributed by atoms with Crippen LogP contribution in [-0.4, -0.2) is 20.4 Å². The summed E-state index contributed by atoms with van der Waals surface area (Å²) in [4.78, 5) is 21.1. The number of hydrogen-bond acceptors (Lipinski definition) is 5. The Bertz CT molecular complexity index is 1180. The van der Waals surface area contributed by atoms with Crippen molar-refractivity contribution in [2.75, 3.05) is 5.73 Å². The number of aromatic nitrogens is 3. The van der Waals surface area contributed by atoms with Crippen molar-refractivity contribution in [1.29, 1.82) is 0 Å². The van der Waals surface area contributed by atoms with Gasteiger partial charge in [0.25, 0.3) is 5.91 Å². The van der Waals surface area contributed by atoms with E-state index in [1.54, 1.807) is 12.1 Å². The number of nitrogens with one attached hydrogen (secondary N) is 1. The van der Waals surface area contributed by atoms with Crippen LogP contribution in [0.3, 0.4) is 0 Å². The molecule has 1 amide bonds. The average molecular weight is 388 g/mol. The van der Waals surface area contributed by atoms with E-state index in [0.717, 1.165) is 52.6 Å². The Kier molecular flexibility index (Phi) is 5.14. The monoisotopic (exact) mass is 388 g/mol. The zero-order valence-corrected chi connectivity index (χ0v) is 16.4. The Morgan fingerprint density at radius 1 is 1.10 bits per heavy atom. The molecule has 0 bridgehead atoms. The van der Waals surface area contributed by atoms with Gasteiger partial charge >= 0.3 is 0 Å². The molecular formula is C22H24N6O. The Morgan fingerprint density at radius 2 is 1.86 bits per heavy atom. The number of amides is 1. The topological polar surface area (TPSA) is 112 Å². The van der Waals surface area contributed by atoms with Crippen LogP contribution >= 0.6 is 0 Å². The van der Waals surface area contributed by atoms with E-state index in [-0.39, 0.29) is 5.91 Å². The zero-order chi connectivity index (χ0) is 20.4. The largest absolute Gasteiger partial charge is 0.382 e. The molecule has 4 aromatic rings. The van der Waals surface area contributed by atoms with Crippen molar-refractivity contribution in [3.05, 3.63) is 65.5 Å². The van der Waals surface area contributed by atoms with Crippen LogP contribution in [0.15, 0.2) is 48.5 Å². The highest BCUT2D eigenvalue weighted by molar-refractivity contribution is 6.06. The predicted octanol–water partition coefficient (Wildman–Crippen LogP) is 3.16. The number of nitrogens with zero attached hydrogens (tertiary/aromatic N) is 3. The first-order valence-corrected chi connectivity index (χ1v) is 9.75. The summed E-state index contributed by atoms with van der Waals surface area (Å²) in [5.41, 5.74) is 12.6. The van der Waals surface area contributed by atoms with Crippen molar-refractivity contribution < 1.29 is 4.79 Å². The van der Waals surface area contributed by atoms with Crippen molar-refractivity contribution >= 4 is 33.7 Å². The van der Waals surface area contributed by atoms with Crippen molar-refractivity contribution in [3.8, 4) is 0 Å². The Labute approximate surface area is 168 Å². The van der Waals surface area contributed by atoms with Crippen LogP contribution in [0, 0.1) is 0 Å². The minimum absolute atomic E-state index is 0.307. The fourth-order valence-corrected chi connectivity index (χ4v) is 3.63. The number of nitrogens with two attached hydrogens (primary N) is 2. The molecule has 2 aromatic heterocycles. The van der Waals surface area contributed by atoms with Crippen molar-refractivity contribution in [2.45, 2.75) is 32.7 Å². The van der Waals surface area contributed by atoms with Crippen LogP contribution in [0.5, 0.6) is 0 Å². The van der Waals surface area contributed by atoms with Gasteiger partial charge in [0.2, 0.25) is 0 Å². The summed E-state index contributed by atoms with van der Waals surface area (Å²) in [5.74, 6) is 6.36. The highest BCUT2D eigenvalue weighted by Gasteiger charge is 2.17. The van der Waals surface area contributed by atoms with Gasteiger partial charge in [-0.2, -0.15) is 0 Å². The number of aryl methyl sites for hydroxylation is 1. The molecule has 4 rings (SSSR count). The molecule has 2 aromatic carbocycles. The van der Waals surface area contributed by atoms with E-state index >= 15 is 0 Å². The number of carbonyl (C=O) groups is 1. The van der Waals surface area contributed by atoms with Gasteiger partial charge < -0.3 is 10.3 Å². The lowest BCUT2D eigenvalue weighted by molar-refractivity contribution is 0.0953. The molecule has 0 saturated heterocycles. The van der Waals surface area contributed by atoms with Crippen molar-refractivity contribution in [3.63, 3.8) is 0 Å². The summed E-state index contributed by atoms with van der Waals surface area (Å²) in [6, 6.07) is 15.4. The van der Waals surface area contributed by atoms with Crippen LogP contribution in [-0.2, 0) is 13.0 Å². The molecule has 0 unspecified atom stereocenters. The van der Waals surface area contributed by atoms with Crippen LogP contribution in [0.25, 0.3) is 21.9 Å². The minimum Gasteiger partial charge on any atom is -0.382 e. The van der Waals surface area contributed by atoms with Gasteiger partial charge in [0.15, 0.2) is 5.82 Å². The quantitative estimate of drug-likeness (QED) is 0.267. The normalized spacial score (nSPS) is 11.2. The molecule has 0 aliphatic rings. The summed E-state index contributed by atoms with van der Waals surface area (Å²) in [7, 11) is 0. The molecule has 7 nitrogen and oxygen atoms in total. The van der Waals surface area contributed by atoms with Gasteiger partial charge in [-0.25, -0.2) is 15.8 Å². The van der Waals surface area contributed by atoms with Crippen LogP contribution < -0.4 is 17.0 Å². The lowest BCUT2D eigenvalue weighted by atomic mass is 10.1. The lowest BCUT2D eigenvalue weighted by Crippen LogP contribution is -2.29. The van der Waals surface area contributed by atoms with Crippen LogP contribution in [0.2, 0.25) is 0 Å². The number of para-hydroxylation sites is 1. The van der Waals surface area contributed by atoms with E-state index in [0.29, 0.717) is 17.9 Å². The smallest absolute Gasteiger partial charge is 0.265 e. The SMILES string of the molecule is CCCCc1nc2c(N)nc3ccccc3c2n1Cc1ccc(C(=O)NN)cc1. The average Bonchev–Trinajstić information content (AvgIpc) is 3.11. The maximum atomic E-state index is 11.7. The number of pyridine rings is 1. The molecule has 0 aliphatic carbocycles. The second-order valence-electron chi connectivity index (χ2n) is 7.10. The summed E-state index contributed by atoms with van der Waals surface area (Å²) in [6.45, 7) is 2.80. The van der Waals surface area contributed by atoms with Gasteiger partial charge in [-0.1, -0.05) is 43.7 Å². The van der Waals surface area contributed by atoms with Gasteiger partial charge in [-0.05, 0) is 30.2 Å². The van der Waals surface area contributed by atoms with Gasteiger partial charge in [-0.15, -0.1) is 0 Å². The number of anilines is 1. The van der Waals surface area contributed by atoms with E-state index < -0.39 is 0 Å². The van der Waals surface area contributed by atoms with Crippen LogP contribution in [0.1, 0.15) is 41.5 Å². The highest BCUT2D eigenvalue weighted by atomic mass is 16.2. The molecule has 0 fully saturated rings. The molecule has 0 atom stereocenters. The first-order valence-electron chi connectivity index (χ1n) is 9.75. The fourth-order valence-electron chi connectivity index (χ4n) is 3.63. The van der Waals surface area contributed by atoms with Gasteiger partial charge in [0.05, 0.1) is 11.0 Å². The van der Waals surface area contributed by atoms with Crippen molar-refractivity contribution in [1.82, 2.24) is 20.0 Å². The number of benzene rings is 2. The summed E-state index contributed by atoms with van der Waals surface area (Å²) in [5, 5.41) is 1.03. The Morgan fingerprint density at radius 3 is 2.59 bits per heavy atom. The first kappa shape index (κ1) is 18.9. The molecule has 148 valence electrons. The van der Waals surface area contributed by atoms with Gasteiger partial charge in [0.1, 0.15) is 11.3 Å². The molecule has 5 N–H and O–H groups in total. The molecule has 0 saturated carbocycles. The molecule has 2 heterocycles. The molecule has 29 heavy (non-hydrogen) atoms. The number of nitrogen functional groups attached to an aromatic ring is 2. The Hall–Kier alpha value is -3.45. The zero-order valence-electron chi connectivity index (χ0n) is 16.4. The minimum atomic E-state index is -0.307. The number of hydrogen-bond donors (Lipinski definition) is 3. The number of imidazole rings is 1. The third-order valence-corrected chi connectivity index (χ3v) is 5.13. The highest BCUT2D eigenvalue weighted by Crippen LogP contribution is 2.30. The molecule has 0 radical (unpaired) electrons. The van der Waals surface area contributed by atoms with E-state index in [1.807, 2.05) is 30.3 Å². The number of fused-ring (bicyclic) bond motifs is 3. The maximum Gasteiger partial charge on any atom is 0.265 e. The van der Waals surface area contributed by atoms with Gasteiger partial charge in [-0.3, -0.25) is 10.2 Å². The standard InChI is InChI=1S/C22H24N6O/c1-2-3-8-18-26-19-20(16-6-4-5-7-17(16)25-21(19)23)28(18)13-14-9-11-15(12-10-14)22(29)27-24/h4-7,9-12H,2-3,8,13,24H2,1H3,(H2,23,25)(H,27,29). The maximum absolute atomic E-state index is 11.7. The second-order valence-corrected chi connectivity index (χ2v) is 7.10. The number of hydrazine groups is 1. The number of carbonyl (C=O) groups excluding carboxylic acids is 1. The summed E-state index contributed by atoms with van der Waals surface area (Å²) < 4.78 is 2.23. The fraction of sp³-hybridized carbons (Fsp3) is 0.227. The van der Waals surface area contributed by atoms with E-state index in [1.165, 1.54) is 0 Å². The third-order valence-electron chi connectivity index (χ3n) is 5.13. The summed E-state index contributed by atoms with van der Waals surface area (Å²) >= 11 is 0. The molecule has 0 spiro atoms. The van der Waals surface area contributed by atoms with Crippen LogP contribution in [0.4, 0.5) is 5.82 Å². The van der Waals surface area contributed by atoms with E-state index in [4.69, 9.17) is 16.6 Å². The predicted molar refractivity (Wildman–Crippen MR) is 115 cm³/mol.